The summed E-state index contributed by atoms with van der Waals surface area (Å²) in [6, 6.07) is 0. The average molecular weight is 198 g/mol. The predicted octanol–water partition coefficient (Wildman–Crippen LogP) is 3.42. The van der Waals surface area contributed by atoms with Crippen LogP contribution in [-0.2, 0) is 4.43 Å². The van der Waals surface area contributed by atoms with Crippen molar-refractivity contribution in [1.29, 1.82) is 0 Å². The van der Waals surface area contributed by atoms with Crippen molar-refractivity contribution in [3.63, 3.8) is 0 Å². The van der Waals surface area contributed by atoms with E-state index in [-0.39, 0.29) is 11.1 Å². The molecule has 0 saturated heterocycles. The molecular formula is C11H22OSi. The molecule has 0 amide bonds. The summed E-state index contributed by atoms with van der Waals surface area (Å²) in [5, 5.41) is 0.247. The van der Waals surface area contributed by atoms with E-state index in [1.165, 1.54) is 0 Å². The standard InChI is InChI=1S/C11H22OSi/c1-8-10(9-2)12-13(6,7)11(3,4)5/h1,10H,9H2,2-7H3/t10-/m1/s1. The van der Waals surface area contributed by atoms with Crippen LogP contribution in [0.4, 0.5) is 0 Å². The summed E-state index contributed by atoms with van der Waals surface area (Å²) in [5.74, 6) is 2.69. The van der Waals surface area contributed by atoms with E-state index < -0.39 is 8.32 Å². The summed E-state index contributed by atoms with van der Waals surface area (Å²) < 4.78 is 6.00. The Morgan fingerprint density at radius 2 is 1.85 bits per heavy atom. The van der Waals surface area contributed by atoms with Crippen molar-refractivity contribution in [2.75, 3.05) is 0 Å². The van der Waals surface area contributed by atoms with Crippen LogP contribution in [0.3, 0.4) is 0 Å². The minimum Gasteiger partial charge on any atom is -0.403 e. The van der Waals surface area contributed by atoms with Gasteiger partial charge in [-0.1, -0.05) is 33.6 Å². The van der Waals surface area contributed by atoms with Crippen LogP contribution < -0.4 is 0 Å². The van der Waals surface area contributed by atoms with Crippen molar-refractivity contribution in [2.45, 2.75) is 58.4 Å². The highest BCUT2D eigenvalue weighted by Gasteiger charge is 2.38. The zero-order valence-electron chi connectivity index (χ0n) is 9.77. The van der Waals surface area contributed by atoms with E-state index >= 15 is 0 Å². The van der Waals surface area contributed by atoms with Gasteiger partial charge >= 0.3 is 0 Å². The van der Waals surface area contributed by atoms with Crippen molar-refractivity contribution < 1.29 is 4.43 Å². The van der Waals surface area contributed by atoms with Gasteiger partial charge in [-0.2, -0.15) is 0 Å². The minimum absolute atomic E-state index is 0.000826. The lowest BCUT2D eigenvalue weighted by Crippen LogP contribution is -2.43. The van der Waals surface area contributed by atoms with E-state index in [1.54, 1.807) is 0 Å². The first-order chi connectivity index (χ1) is 5.74. The quantitative estimate of drug-likeness (QED) is 0.499. The largest absolute Gasteiger partial charge is 0.403 e. The number of hydrogen-bond donors (Lipinski definition) is 0. The summed E-state index contributed by atoms with van der Waals surface area (Å²) in [6.45, 7) is 13.2. The summed E-state index contributed by atoms with van der Waals surface area (Å²) in [7, 11) is -1.65. The molecule has 0 rings (SSSR count). The van der Waals surface area contributed by atoms with E-state index in [4.69, 9.17) is 10.8 Å². The smallest absolute Gasteiger partial charge is 0.193 e. The van der Waals surface area contributed by atoms with Crippen LogP contribution in [0.5, 0.6) is 0 Å². The number of rotatable bonds is 3. The second kappa shape index (κ2) is 4.30. The van der Waals surface area contributed by atoms with Gasteiger partial charge < -0.3 is 4.43 Å². The summed E-state index contributed by atoms with van der Waals surface area (Å²) in [4.78, 5) is 0. The highest BCUT2D eigenvalue weighted by Crippen LogP contribution is 2.37. The first kappa shape index (κ1) is 12.7. The van der Waals surface area contributed by atoms with Gasteiger partial charge in [0.05, 0.1) is 0 Å². The SMILES string of the molecule is C#C[C@H](CC)O[Si](C)(C)C(C)(C)C. The van der Waals surface area contributed by atoms with Crippen molar-refractivity contribution >= 4 is 8.32 Å². The van der Waals surface area contributed by atoms with Gasteiger partial charge in [-0.25, -0.2) is 0 Å². The fraction of sp³-hybridized carbons (Fsp3) is 0.818. The van der Waals surface area contributed by atoms with Crippen LogP contribution in [0, 0.1) is 12.3 Å². The predicted molar refractivity (Wildman–Crippen MR) is 61.2 cm³/mol. The molecule has 0 aliphatic rings. The summed E-state index contributed by atoms with van der Waals surface area (Å²) in [6.07, 6.45) is 6.29. The lowest BCUT2D eigenvalue weighted by Gasteiger charge is -2.37. The van der Waals surface area contributed by atoms with Crippen LogP contribution >= 0.6 is 0 Å². The Labute approximate surface area is 84.0 Å². The Balaban J connectivity index is 4.43. The Kier molecular flexibility index (Phi) is 4.21. The molecule has 76 valence electrons. The third kappa shape index (κ3) is 3.54. The number of hydrogen-bond acceptors (Lipinski definition) is 1. The van der Waals surface area contributed by atoms with E-state index in [2.05, 4.69) is 46.7 Å². The first-order valence-electron chi connectivity index (χ1n) is 4.88. The molecule has 0 radical (unpaired) electrons. The van der Waals surface area contributed by atoms with Crippen molar-refractivity contribution in [3.05, 3.63) is 0 Å². The lowest BCUT2D eigenvalue weighted by molar-refractivity contribution is 0.229. The Hall–Kier alpha value is -0.263. The van der Waals surface area contributed by atoms with Gasteiger partial charge in [0.25, 0.3) is 0 Å². The van der Waals surface area contributed by atoms with Crippen LogP contribution in [0.25, 0.3) is 0 Å². The van der Waals surface area contributed by atoms with Gasteiger partial charge in [0, 0.05) is 0 Å². The molecule has 0 unspecified atom stereocenters. The molecule has 1 nitrogen and oxygen atoms in total. The molecule has 0 N–H and O–H groups in total. The molecule has 0 saturated carbocycles. The van der Waals surface area contributed by atoms with E-state index in [0.717, 1.165) is 6.42 Å². The zero-order chi connectivity index (χ0) is 10.7. The molecule has 0 fully saturated rings. The zero-order valence-corrected chi connectivity index (χ0v) is 10.8. The molecule has 0 aromatic carbocycles. The number of terminal acetylenes is 1. The lowest BCUT2D eigenvalue weighted by atomic mass is 10.2. The van der Waals surface area contributed by atoms with Crippen LogP contribution in [0.15, 0.2) is 0 Å². The van der Waals surface area contributed by atoms with E-state index in [0.29, 0.717) is 0 Å². The summed E-state index contributed by atoms with van der Waals surface area (Å²) in [5.41, 5.74) is 0. The van der Waals surface area contributed by atoms with Gasteiger partial charge in [0.2, 0.25) is 0 Å². The topological polar surface area (TPSA) is 9.23 Å². The molecule has 0 aliphatic heterocycles. The maximum absolute atomic E-state index is 6.00. The third-order valence-corrected chi connectivity index (χ3v) is 7.29. The van der Waals surface area contributed by atoms with Crippen LogP contribution in [0.2, 0.25) is 18.1 Å². The van der Waals surface area contributed by atoms with Crippen molar-refractivity contribution in [1.82, 2.24) is 0 Å². The molecular weight excluding hydrogens is 176 g/mol. The van der Waals surface area contributed by atoms with Gasteiger partial charge in [-0.15, -0.1) is 6.42 Å². The van der Waals surface area contributed by atoms with Gasteiger partial charge in [-0.05, 0) is 24.6 Å². The highest BCUT2D eigenvalue weighted by molar-refractivity contribution is 6.74. The molecule has 1 atom stereocenters. The molecule has 0 heterocycles. The van der Waals surface area contributed by atoms with Gasteiger partial charge in [0.15, 0.2) is 8.32 Å². The first-order valence-corrected chi connectivity index (χ1v) is 7.79. The Morgan fingerprint density at radius 1 is 1.38 bits per heavy atom. The minimum atomic E-state index is -1.65. The average Bonchev–Trinajstić information content (AvgIpc) is 1.98. The molecule has 2 heteroatoms. The molecule has 0 spiro atoms. The van der Waals surface area contributed by atoms with E-state index in [9.17, 15) is 0 Å². The maximum Gasteiger partial charge on any atom is 0.193 e. The van der Waals surface area contributed by atoms with Crippen LogP contribution in [0.1, 0.15) is 34.1 Å². The fourth-order valence-corrected chi connectivity index (χ4v) is 2.07. The van der Waals surface area contributed by atoms with Gasteiger partial charge in [0.1, 0.15) is 6.10 Å². The molecule has 0 aromatic heterocycles. The second-order valence-corrected chi connectivity index (χ2v) is 9.70. The third-order valence-electron chi connectivity index (χ3n) is 2.80. The molecule has 0 bridgehead atoms. The van der Waals surface area contributed by atoms with Gasteiger partial charge in [-0.3, -0.25) is 0 Å². The normalized spacial score (nSPS) is 15.2. The van der Waals surface area contributed by atoms with Crippen LogP contribution in [-0.4, -0.2) is 14.4 Å². The van der Waals surface area contributed by atoms with Crippen molar-refractivity contribution in [2.24, 2.45) is 0 Å². The Bertz CT molecular complexity index is 195. The summed E-state index contributed by atoms with van der Waals surface area (Å²) >= 11 is 0. The highest BCUT2D eigenvalue weighted by atomic mass is 28.4. The monoisotopic (exact) mass is 198 g/mol. The Morgan fingerprint density at radius 3 is 2.08 bits per heavy atom. The van der Waals surface area contributed by atoms with Crippen molar-refractivity contribution in [3.8, 4) is 12.3 Å². The van der Waals surface area contributed by atoms with E-state index in [1.807, 2.05) is 0 Å². The molecule has 0 aliphatic carbocycles. The maximum atomic E-state index is 6.00. The fourth-order valence-electron chi connectivity index (χ4n) is 0.768. The molecule has 13 heavy (non-hydrogen) atoms. The second-order valence-electron chi connectivity index (χ2n) is 4.94. The molecule has 0 aromatic rings.